The minimum atomic E-state index is -0.795. The van der Waals surface area contributed by atoms with E-state index in [4.69, 9.17) is 0 Å². The molecule has 0 saturated carbocycles. The van der Waals surface area contributed by atoms with E-state index in [1.165, 1.54) is 0 Å². The maximum absolute atomic E-state index is 13.8. The molecule has 2 fully saturated rings. The monoisotopic (exact) mass is 575 g/mol. The Bertz CT molecular complexity index is 1410. The molecule has 8 nitrogen and oxygen atoms in total. The van der Waals surface area contributed by atoms with Gasteiger partial charge in [0.05, 0.1) is 17.8 Å². The van der Waals surface area contributed by atoms with Crippen LogP contribution in [0.2, 0.25) is 0 Å². The first-order valence-corrected chi connectivity index (χ1v) is 14.4. The lowest BCUT2D eigenvalue weighted by Crippen LogP contribution is -2.36. The molecule has 3 aromatic carbocycles. The Morgan fingerprint density at radius 2 is 1.43 bits per heavy atom. The Morgan fingerprint density at radius 3 is 2.21 bits per heavy atom. The fourth-order valence-electron chi connectivity index (χ4n) is 5.47. The number of benzene rings is 3. The Kier molecular flexibility index (Phi) is 9.43. The van der Waals surface area contributed by atoms with Gasteiger partial charge in [-0.15, -0.1) is 0 Å². The van der Waals surface area contributed by atoms with E-state index in [2.05, 4.69) is 15.5 Å². The first-order valence-electron chi connectivity index (χ1n) is 14.4. The Hall–Kier alpha value is -4.31. The molecular weight excluding hydrogens is 540 g/mol. The molecule has 42 heavy (non-hydrogen) atoms. The number of anilines is 2. The van der Waals surface area contributed by atoms with Crippen LogP contribution in [0.15, 0.2) is 66.7 Å². The minimum absolute atomic E-state index is 0.0265. The van der Waals surface area contributed by atoms with Gasteiger partial charge in [0.1, 0.15) is 11.6 Å². The first kappa shape index (κ1) is 29.2. The predicted molar refractivity (Wildman–Crippen MR) is 158 cm³/mol. The molecule has 2 aliphatic rings. The zero-order valence-corrected chi connectivity index (χ0v) is 23.5. The molecule has 0 radical (unpaired) electrons. The van der Waals surface area contributed by atoms with E-state index in [0.717, 1.165) is 49.0 Å². The molecule has 0 unspecified atom stereocenters. The van der Waals surface area contributed by atoms with Crippen molar-refractivity contribution in [2.24, 2.45) is 0 Å². The van der Waals surface area contributed by atoms with Crippen molar-refractivity contribution < 1.29 is 23.2 Å². The highest BCUT2D eigenvalue weighted by Crippen LogP contribution is 2.30. The van der Waals surface area contributed by atoms with Gasteiger partial charge in [0.2, 0.25) is 5.91 Å². The molecule has 2 saturated heterocycles. The summed E-state index contributed by atoms with van der Waals surface area (Å²) < 4.78 is 27.5. The highest BCUT2D eigenvalue weighted by Gasteiger charge is 2.25. The van der Waals surface area contributed by atoms with Crippen LogP contribution in [0.5, 0.6) is 0 Å². The molecular formula is C32H35F2N5O3. The molecule has 10 heteroatoms. The van der Waals surface area contributed by atoms with Gasteiger partial charge in [-0.25, -0.2) is 8.78 Å². The zero-order chi connectivity index (χ0) is 29.5. The van der Waals surface area contributed by atoms with Crippen LogP contribution in [0.4, 0.5) is 20.2 Å². The van der Waals surface area contributed by atoms with E-state index in [1.807, 2.05) is 41.3 Å². The smallest absolute Gasteiger partial charge is 0.254 e. The van der Waals surface area contributed by atoms with Crippen LogP contribution >= 0.6 is 0 Å². The average Bonchev–Trinajstić information content (AvgIpc) is 3.40. The van der Waals surface area contributed by atoms with Gasteiger partial charge in [0.25, 0.3) is 11.8 Å². The van der Waals surface area contributed by atoms with Gasteiger partial charge < -0.3 is 25.3 Å². The summed E-state index contributed by atoms with van der Waals surface area (Å²) in [5.74, 6) is -2.31. The number of halogens is 2. The van der Waals surface area contributed by atoms with Crippen molar-refractivity contribution in [1.29, 1.82) is 0 Å². The topological polar surface area (TPSA) is 85.0 Å². The van der Waals surface area contributed by atoms with Crippen LogP contribution in [-0.2, 0) is 11.2 Å². The number of nitrogens with zero attached hydrogens (tertiary/aromatic N) is 3. The highest BCUT2D eigenvalue weighted by molar-refractivity contribution is 6.00. The van der Waals surface area contributed by atoms with E-state index in [9.17, 15) is 23.2 Å². The first-order chi connectivity index (χ1) is 20.4. The summed E-state index contributed by atoms with van der Waals surface area (Å²) in [6.45, 7) is 4.65. The van der Waals surface area contributed by atoms with Crippen LogP contribution in [0.3, 0.4) is 0 Å². The van der Waals surface area contributed by atoms with Gasteiger partial charge in [-0.1, -0.05) is 30.3 Å². The molecule has 0 aliphatic carbocycles. The summed E-state index contributed by atoms with van der Waals surface area (Å²) in [4.78, 5) is 45.1. The summed E-state index contributed by atoms with van der Waals surface area (Å²) in [5, 5.41) is 6.34. The minimum Gasteiger partial charge on any atom is -0.368 e. The lowest BCUT2D eigenvalue weighted by Gasteiger charge is -2.27. The van der Waals surface area contributed by atoms with Gasteiger partial charge in [0, 0.05) is 63.0 Å². The normalized spacial score (nSPS) is 16.0. The van der Waals surface area contributed by atoms with E-state index in [0.29, 0.717) is 56.9 Å². The van der Waals surface area contributed by atoms with Crippen LogP contribution in [0.1, 0.15) is 39.1 Å². The summed E-state index contributed by atoms with van der Waals surface area (Å²) in [6, 6.07) is 17.6. The summed E-state index contributed by atoms with van der Waals surface area (Å²) >= 11 is 0. The van der Waals surface area contributed by atoms with Gasteiger partial charge in [-0.2, -0.15) is 0 Å². The molecule has 0 bridgehead atoms. The van der Waals surface area contributed by atoms with Gasteiger partial charge >= 0.3 is 0 Å². The lowest BCUT2D eigenvalue weighted by molar-refractivity contribution is -0.115. The van der Waals surface area contributed by atoms with Crippen LogP contribution in [0, 0.1) is 11.6 Å². The van der Waals surface area contributed by atoms with E-state index < -0.39 is 17.5 Å². The van der Waals surface area contributed by atoms with Crippen molar-refractivity contribution in [3.63, 3.8) is 0 Å². The van der Waals surface area contributed by atoms with Crippen molar-refractivity contribution in [2.75, 3.05) is 62.6 Å². The predicted octanol–water partition coefficient (Wildman–Crippen LogP) is 3.93. The fourth-order valence-corrected chi connectivity index (χ4v) is 5.47. The largest absolute Gasteiger partial charge is 0.368 e. The van der Waals surface area contributed by atoms with Crippen LogP contribution < -0.4 is 15.5 Å². The second-order valence-corrected chi connectivity index (χ2v) is 10.6. The van der Waals surface area contributed by atoms with Crippen LogP contribution in [0.25, 0.3) is 0 Å². The summed E-state index contributed by atoms with van der Waals surface area (Å²) in [5.41, 5.74) is 2.62. The number of hydrogen-bond acceptors (Lipinski definition) is 5. The number of carbonyl (C=O) groups is 3. The maximum atomic E-state index is 13.8. The van der Waals surface area contributed by atoms with Gasteiger partial charge in [-0.3, -0.25) is 14.4 Å². The highest BCUT2D eigenvalue weighted by atomic mass is 19.1. The van der Waals surface area contributed by atoms with Crippen molar-refractivity contribution in [3.05, 3.63) is 95.1 Å². The van der Waals surface area contributed by atoms with Crippen LogP contribution in [-0.4, -0.2) is 79.9 Å². The van der Waals surface area contributed by atoms with E-state index >= 15 is 0 Å². The zero-order valence-electron chi connectivity index (χ0n) is 23.5. The standard InChI is InChI=1S/C32H35F2N5O3/c33-26-19-25(20-27(34)22-26)32(42)39-14-5-13-37(16-17-39)29-9-8-24(31(41)38-12-4-10-35-11-15-38)21-28(29)36-30(40)18-23-6-2-1-3-7-23/h1-3,6-9,19-22,35H,4-5,10-18H2,(H,36,40). The maximum Gasteiger partial charge on any atom is 0.254 e. The average molecular weight is 576 g/mol. The van der Waals surface area contributed by atoms with Crippen molar-refractivity contribution >= 4 is 29.1 Å². The molecule has 3 amide bonds. The molecule has 0 atom stereocenters. The third-order valence-corrected chi connectivity index (χ3v) is 7.59. The third kappa shape index (κ3) is 7.30. The molecule has 0 aromatic heterocycles. The number of hydrogen-bond donors (Lipinski definition) is 2. The SMILES string of the molecule is O=C(Cc1ccccc1)Nc1cc(C(=O)N2CCCNCC2)ccc1N1CCCN(C(=O)c2cc(F)cc(F)c2)CC1. The molecule has 220 valence electrons. The van der Waals surface area contributed by atoms with E-state index in [-0.39, 0.29) is 23.8 Å². The number of rotatable bonds is 6. The van der Waals surface area contributed by atoms with Crippen molar-refractivity contribution in [1.82, 2.24) is 15.1 Å². The Balaban J connectivity index is 1.37. The molecule has 5 rings (SSSR count). The number of carbonyl (C=O) groups excluding carboxylic acids is 3. The molecule has 2 heterocycles. The van der Waals surface area contributed by atoms with E-state index in [1.54, 1.807) is 17.0 Å². The summed E-state index contributed by atoms with van der Waals surface area (Å²) in [7, 11) is 0. The molecule has 3 aromatic rings. The quantitative estimate of drug-likeness (QED) is 0.466. The van der Waals surface area contributed by atoms with Crippen molar-refractivity contribution in [2.45, 2.75) is 19.3 Å². The van der Waals surface area contributed by atoms with Gasteiger partial charge in [-0.05, 0) is 55.3 Å². The fraction of sp³-hybridized carbons (Fsp3) is 0.344. The van der Waals surface area contributed by atoms with Gasteiger partial charge in [0.15, 0.2) is 0 Å². The molecule has 2 N–H and O–H groups in total. The third-order valence-electron chi connectivity index (χ3n) is 7.59. The lowest BCUT2D eigenvalue weighted by atomic mass is 10.1. The Morgan fingerprint density at radius 1 is 0.714 bits per heavy atom. The second-order valence-electron chi connectivity index (χ2n) is 10.6. The summed E-state index contributed by atoms with van der Waals surface area (Å²) in [6.07, 6.45) is 1.67. The molecule has 2 aliphatic heterocycles. The van der Waals surface area contributed by atoms with Crippen molar-refractivity contribution in [3.8, 4) is 0 Å². The number of amides is 3. The molecule has 0 spiro atoms. The Labute approximate surface area is 244 Å². The second kappa shape index (κ2) is 13.6. The number of nitrogens with one attached hydrogen (secondary N) is 2.